The van der Waals surface area contributed by atoms with Crippen molar-refractivity contribution in [2.75, 3.05) is 17.7 Å². The predicted octanol–water partition coefficient (Wildman–Crippen LogP) is 1.81. The Bertz CT molecular complexity index is 514. The number of nitrogens with zero attached hydrogens (tertiary/aromatic N) is 4. The first-order valence-electron chi connectivity index (χ1n) is 4.91. The Balaban J connectivity index is 1.94. The topological polar surface area (TPSA) is 79.2 Å². The van der Waals surface area contributed by atoms with Gasteiger partial charge in [0.25, 0.3) is 0 Å². The fraction of sp³-hybridized carbons (Fsp3) is 0.333. The zero-order chi connectivity index (χ0) is 13.0. The maximum Gasteiger partial charge on any atom is 0.313 e. The molecule has 96 valence electrons. The Labute approximate surface area is 116 Å². The van der Waals surface area contributed by atoms with Crippen molar-refractivity contribution >= 4 is 45.5 Å². The summed E-state index contributed by atoms with van der Waals surface area (Å²) in [5.74, 6) is -0.850. The van der Waals surface area contributed by atoms with E-state index >= 15 is 0 Å². The largest absolute Gasteiger partial charge is 0.481 e. The number of aromatic nitrogens is 3. The molecule has 0 aliphatic heterocycles. The summed E-state index contributed by atoms with van der Waals surface area (Å²) in [5.41, 5.74) is 2.77. The molecule has 0 aromatic carbocycles. The first-order valence-corrected chi connectivity index (χ1v) is 7.66. The van der Waals surface area contributed by atoms with E-state index in [2.05, 4.69) is 15.2 Å². The number of hydrogen-bond acceptors (Lipinski definition) is 8. The summed E-state index contributed by atoms with van der Waals surface area (Å²) in [5, 5.41) is 19.3. The Morgan fingerprint density at radius 2 is 2.39 bits per heavy atom. The molecule has 0 aliphatic carbocycles. The van der Waals surface area contributed by atoms with Crippen molar-refractivity contribution in [2.24, 2.45) is 0 Å². The van der Waals surface area contributed by atoms with Gasteiger partial charge in [-0.25, -0.2) is 4.98 Å². The molecule has 0 spiro atoms. The highest BCUT2D eigenvalue weighted by Crippen LogP contribution is 2.27. The average molecular weight is 302 g/mol. The van der Waals surface area contributed by atoms with E-state index in [1.54, 1.807) is 16.8 Å². The summed E-state index contributed by atoms with van der Waals surface area (Å²) in [6.07, 6.45) is 0. The van der Waals surface area contributed by atoms with Gasteiger partial charge in [-0.2, -0.15) is 0 Å². The van der Waals surface area contributed by atoms with Gasteiger partial charge in [0, 0.05) is 12.4 Å². The lowest BCUT2D eigenvalue weighted by Gasteiger charge is -2.12. The summed E-state index contributed by atoms with van der Waals surface area (Å²) < 4.78 is 0.664. The third-order valence-electron chi connectivity index (χ3n) is 1.92. The number of rotatable bonds is 6. The number of thiazole rings is 1. The summed E-state index contributed by atoms with van der Waals surface area (Å²) in [7, 11) is 1.91. The number of hydrogen-bond donors (Lipinski definition) is 1. The van der Waals surface area contributed by atoms with Gasteiger partial charge in [0.05, 0.1) is 23.5 Å². The minimum Gasteiger partial charge on any atom is -0.481 e. The molecule has 1 N–H and O–H groups in total. The van der Waals surface area contributed by atoms with Crippen LogP contribution in [0.15, 0.2) is 15.2 Å². The molecule has 2 aromatic rings. The average Bonchev–Trinajstić information content (AvgIpc) is 2.96. The van der Waals surface area contributed by atoms with Gasteiger partial charge in [-0.15, -0.1) is 21.5 Å². The molecule has 2 rings (SSSR count). The van der Waals surface area contributed by atoms with Crippen LogP contribution in [-0.2, 0) is 11.3 Å². The molecule has 2 aromatic heterocycles. The standard InChI is InChI=1S/C9H10N4O2S3/c1-13(2-6-3-16-5-10-6)8-11-12-9(18-8)17-4-7(14)15/h3,5H,2,4H2,1H3,(H,14,15). The fourth-order valence-corrected chi connectivity index (χ4v) is 3.24. The number of carboxylic acids is 1. The third-order valence-corrected chi connectivity index (χ3v) is 4.71. The van der Waals surface area contributed by atoms with E-state index in [-0.39, 0.29) is 5.75 Å². The molecule has 9 heteroatoms. The summed E-state index contributed by atoms with van der Waals surface area (Å²) >= 11 is 4.12. The van der Waals surface area contributed by atoms with Crippen LogP contribution in [0.5, 0.6) is 0 Å². The van der Waals surface area contributed by atoms with Crippen molar-refractivity contribution < 1.29 is 9.90 Å². The zero-order valence-corrected chi connectivity index (χ0v) is 11.9. The first kappa shape index (κ1) is 13.2. The van der Waals surface area contributed by atoms with E-state index in [4.69, 9.17) is 5.11 Å². The molecule has 0 saturated heterocycles. The highest BCUT2D eigenvalue weighted by molar-refractivity contribution is 8.01. The van der Waals surface area contributed by atoms with Crippen LogP contribution in [0.4, 0.5) is 5.13 Å². The van der Waals surface area contributed by atoms with Gasteiger partial charge in [0.1, 0.15) is 0 Å². The van der Waals surface area contributed by atoms with Crippen LogP contribution in [-0.4, -0.2) is 39.1 Å². The molecule has 0 bridgehead atoms. The normalized spacial score (nSPS) is 10.5. The molecule has 0 saturated carbocycles. The quantitative estimate of drug-likeness (QED) is 0.815. The molecule has 0 fully saturated rings. The van der Waals surface area contributed by atoms with Crippen LogP contribution in [0.3, 0.4) is 0 Å². The fourth-order valence-electron chi connectivity index (χ4n) is 1.16. The lowest BCUT2D eigenvalue weighted by Crippen LogP contribution is -2.16. The Kier molecular flexibility index (Phi) is 4.50. The van der Waals surface area contributed by atoms with Crippen LogP contribution in [0, 0.1) is 0 Å². The van der Waals surface area contributed by atoms with Gasteiger partial charge in [-0.05, 0) is 0 Å². The highest BCUT2D eigenvalue weighted by Gasteiger charge is 2.11. The van der Waals surface area contributed by atoms with Crippen molar-refractivity contribution in [1.29, 1.82) is 0 Å². The van der Waals surface area contributed by atoms with E-state index in [0.717, 1.165) is 10.8 Å². The zero-order valence-electron chi connectivity index (χ0n) is 9.44. The van der Waals surface area contributed by atoms with Gasteiger partial charge >= 0.3 is 5.97 Å². The van der Waals surface area contributed by atoms with Crippen LogP contribution < -0.4 is 4.90 Å². The molecule has 18 heavy (non-hydrogen) atoms. The second kappa shape index (κ2) is 6.12. The predicted molar refractivity (Wildman–Crippen MR) is 72.5 cm³/mol. The Morgan fingerprint density at radius 3 is 3.06 bits per heavy atom. The lowest BCUT2D eigenvalue weighted by molar-refractivity contribution is -0.133. The van der Waals surface area contributed by atoms with E-state index in [0.29, 0.717) is 10.9 Å². The van der Waals surface area contributed by atoms with E-state index < -0.39 is 5.97 Å². The smallest absolute Gasteiger partial charge is 0.313 e. The van der Waals surface area contributed by atoms with Gasteiger partial charge in [0.2, 0.25) is 5.13 Å². The molecule has 0 amide bonds. The first-order chi connectivity index (χ1) is 8.65. The highest BCUT2D eigenvalue weighted by atomic mass is 32.2. The summed E-state index contributed by atoms with van der Waals surface area (Å²) in [6, 6.07) is 0. The number of aliphatic carboxylic acids is 1. The lowest BCUT2D eigenvalue weighted by atomic mass is 10.5. The second-order valence-electron chi connectivity index (χ2n) is 3.37. The van der Waals surface area contributed by atoms with Crippen LogP contribution >= 0.6 is 34.4 Å². The van der Waals surface area contributed by atoms with Gasteiger partial charge < -0.3 is 10.0 Å². The van der Waals surface area contributed by atoms with E-state index in [1.807, 2.05) is 17.3 Å². The van der Waals surface area contributed by atoms with Crippen LogP contribution in [0.1, 0.15) is 5.69 Å². The van der Waals surface area contributed by atoms with Crippen molar-refractivity contribution in [3.05, 3.63) is 16.6 Å². The summed E-state index contributed by atoms with van der Waals surface area (Å²) in [6.45, 7) is 0.668. The van der Waals surface area contributed by atoms with E-state index in [1.165, 1.54) is 23.1 Å². The maximum atomic E-state index is 10.4. The van der Waals surface area contributed by atoms with Crippen molar-refractivity contribution in [1.82, 2.24) is 15.2 Å². The SMILES string of the molecule is CN(Cc1cscn1)c1nnc(SCC(=O)O)s1. The van der Waals surface area contributed by atoms with Gasteiger partial charge in [-0.3, -0.25) is 4.79 Å². The van der Waals surface area contributed by atoms with E-state index in [9.17, 15) is 4.79 Å². The molecular weight excluding hydrogens is 292 g/mol. The maximum absolute atomic E-state index is 10.4. The molecule has 6 nitrogen and oxygen atoms in total. The number of anilines is 1. The molecule has 2 heterocycles. The van der Waals surface area contributed by atoms with Gasteiger partial charge in [0.15, 0.2) is 4.34 Å². The molecule has 0 radical (unpaired) electrons. The monoisotopic (exact) mass is 302 g/mol. The second-order valence-corrected chi connectivity index (χ2v) is 6.27. The minimum absolute atomic E-state index is 0.00440. The Morgan fingerprint density at radius 1 is 1.56 bits per heavy atom. The van der Waals surface area contributed by atoms with Crippen LogP contribution in [0.25, 0.3) is 0 Å². The Hall–Kier alpha value is -1.19. The van der Waals surface area contributed by atoms with Crippen molar-refractivity contribution in [2.45, 2.75) is 10.9 Å². The minimum atomic E-state index is -0.854. The number of carbonyl (C=O) groups is 1. The number of carboxylic acid groups (broad SMARTS) is 1. The third kappa shape index (κ3) is 3.65. The molecular formula is C9H10N4O2S3. The van der Waals surface area contributed by atoms with Crippen molar-refractivity contribution in [3.63, 3.8) is 0 Å². The van der Waals surface area contributed by atoms with Gasteiger partial charge in [-0.1, -0.05) is 23.1 Å². The van der Waals surface area contributed by atoms with Crippen molar-refractivity contribution in [3.8, 4) is 0 Å². The molecule has 0 unspecified atom stereocenters. The van der Waals surface area contributed by atoms with Crippen LogP contribution in [0.2, 0.25) is 0 Å². The molecule has 0 atom stereocenters. The molecule has 0 aliphatic rings. The summed E-state index contributed by atoms with van der Waals surface area (Å²) in [4.78, 5) is 16.6. The number of thioether (sulfide) groups is 1.